The zero-order valence-electron chi connectivity index (χ0n) is 10.7. The lowest BCUT2D eigenvalue weighted by Crippen LogP contribution is -2.06. The third-order valence-electron chi connectivity index (χ3n) is 1.53. The summed E-state index contributed by atoms with van der Waals surface area (Å²) >= 11 is 0. The molecule has 0 amide bonds. The van der Waals surface area contributed by atoms with E-state index >= 15 is 0 Å². The number of benzene rings is 1. The van der Waals surface area contributed by atoms with E-state index in [1.54, 1.807) is 0 Å². The van der Waals surface area contributed by atoms with E-state index in [0.29, 0.717) is 11.8 Å². The number of hydrogen-bond acceptors (Lipinski definition) is 6. The van der Waals surface area contributed by atoms with Crippen LogP contribution in [-0.4, -0.2) is 45.0 Å². The lowest BCUT2D eigenvalue weighted by atomic mass is 10.1. The molecule has 0 aliphatic carbocycles. The Bertz CT molecular complexity index is 635. The van der Waals surface area contributed by atoms with Crippen molar-refractivity contribution in [2.45, 2.75) is 6.42 Å². The van der Waals surface area contributed by atoms with Gasteiger partial charge < -0.3 is 9.29 Å². The number of carboxylic acid groups (broad SMARTS) is 1. The quantitative estimate of drug-likeness (QED) is 0.590. The molecule has 0 aliphatic rings. The molecule has 0 spiro atoms. The van der Waals surface area contributed by atoms with Gasteiger partial charge in [-0.05, 0) is 17.7 Å². The molecule has 1 rings (SSSR count). The summed E-state index contributed by atoms with van der Waals surface area (Å²) < 4.78 is 51.9. The van der Waals surface area contributed by atoms with Crippen LogP contribution in [0.1, 0.15) is 5.56 Å². The lowest BCUT2D eigenvalue weighted by molar-refractivity contribution is -0.136. The van der Waals surface area contributed by atoms with Gasteiger partial charge in [-0.2, -0.15) is 16.8 Å². The summed E-state index contributed by atoms with van der Waals surface area (Å²) in [6, 6.07) is 5.85. The summed E-state index contributed by atoms with van der Waals surface area (Å²) in [5.74, 6) is -0.765. The minimum absolute atomic E-state index is 0.0981. The van der Waals surface area contributed by atoms with E-state index in [0.717, 1.165) is 6.26 Å². The van der Waals surface area contributed by atoms with Gasteiger partial charge in [0.05, 0.1) is 18.9 Å². The van der Waals surface area contributed by atoms with Crippen LogP contribution >= 0.6 is 0 Å². The molecule has 114 valence electrons. The van der Waals surface area contributed by atoms with Gasteiger partial charge in [0.25, 0.3) is 10.1 Å². The fourth-order valence-electron chi connectivity index (χ4n) is 1.01. The fourth-order valence-corrected chi connectivity index (χ4v) is 1.47. The molecule has 0 unspecified atom stereocenters. The fraction of sp³-hybridized carbons (Fsp3) is 0.300. The highest BCUT2D eigenvalue weighted by atomic mass is 32.2. The molecule has 0 saturated heterocycles. The molecule has 0 bridgehead atoms. The molecule has 20 heavy (non-hydrogen) atoms. The first-order chi connectivity index (χ1) is 8.87. The number of carbonyl (C=O) groups is 1. The Labute approximate surface area is 116 Å². The Morgan fingerprint density at radius 2 is 1.50 bits per heavy atom. The number of hydrogen-bond donors (Lipinski definition) is 2. The Morgan fingerprint density at radius 1 is 1.10 bits per heavy atom. The maximum Gasteiger partial charge on any atom is 0.307 e. The summed E-state index contributed by atoms with van der Waals surface area (Å²) in [6.45, 7) is 0. The third kappa shape index (κ3) is 12.8. The van der Waals surface area contributed by atoms with E-state index in [1.807, 2.05) is 0 Å². The molecule has 0 aliphatic heterocycles. The van der Waals surface area contributed by atoms with Gasteiger partial charge in [0.2, 0.25) is 0 Å². The highest BCUT2D eigenvalue weighted by Gasteiger charge is 2.05. The minimum Gasteiger partial charge on any atom is -0.481 e. The van der Waals surface area contributed by atoms with E-state index in [2.05, 4.69) is 4.18 Å². The van der Waals surface area contributed by atoms with E-state index in [-0.39, 0.29) is 12.2 Å². The molecule has 0 atom stereocenters. The zero-order chi connectivity index (χ0) is 16.0. The first-order valence-corrected chi connectivity index (χ1v) is 8.66. The van der Waals surface area contributed by atoms with Crippen LogP contribution in [-0.2, 0) is 31.5 Å². The molecule has 8 nitrogen and oxygen atoms in total. The van der Waals surface area contributed by atoms with Gasteiger partial charge in [0.15, 0.2) is 0 Å². The van der Waals surface area contributed by atoms with Crippen molar-refractivity contribution in [1.82, 2.24) is 0 Å². The van der Waals surface area contributed by atoms with E-state index in [9.17, 15) is 21.6 Å². The van der Waals surface area contributed by atoms with Gasteiger partial charge in [-0.25, -0.2) is 0 Å². The molecular formula is C10H14O8S2. The van der Waals surface area contributed by atoms with E-state index in [1.165, 1.54) is 24.3 Å². The van der Waals surface area contributed by atoms with Gasteiger partial charge in [-0.3, -0.25) is 9.35 Å². The second kappa shape index (κ2) is 7.22. The SMILES string of the molecule is CS(=O)(=O)O.CS(=O)(=O)Oc1ccc(CC(=O)O)cc1. The number of aliphatic carboxylic acids is 1. The summed E-state index contributed by atoms with van der Waals surface area (Å²) in [5.41, 5.74) is 0.586. The van der Waals surface area contributed by atoms with Crippen LogP contribution in [0.5, 0.6) is 5.75 Å². The maximum absolute atomic E-state index is 10.7. The van der Waals surface area contributed by atoms with Gasteiger partial charge in [0.1, 0.15) is 5.75 Å². The van der Waals surface area contributed by atoms with Crippen LogP contribution < -0.4 is 4.18 Å². The first-order valence-electron chi connectivity index (χ1n) is 4.99. The van der Waals surface area contributed by atoms with Crippen molar-refractivity contribution in [2.24, 2.45) is 0 Å². The Morgan fingerprint density at radius 3 is 1.80 bits per heavy atom. The Balaban J connectivity index is 0.000000621. The van der Waals surface area contributed by atoms with Crippen LogP contribution in [0, 0.1) is 0 Å². The normalized spacial score (nSPS) is 11.2. The molecule has 0 radical (unpaired) electrons. The predicted octanol–water partition coefficient (Wildman–Crippen LogP) is 0.156. The van der Waals surface area contributed by atoms with Crippen molar-refractivity contribution in [3.8, 4) is 5.75 Å². The van der Waals surface area contributed by atoms with Crippen molar-refractivity contribution >= 4 is 26.2 Å². The highest BCUT2D eigenvalue weighted by Crippen LogP contribution is 2.14. The minimum atomic E-state index is -3.67. The van der Waals surface area contributed by atoms with Crippen LogP contribution in [0.25, 0.3) is 0 Å². The largest absolute Gasteiger partial charge is 0.481 e. The van der Waals surface area contributed by atoms with Gasteiger partial charge in [-0.15, -0.1) is 0 Å². The zero-order valence-corrected chi connectivity index (χ0v) is 12.3. The average Bonchev–Trinajstić information content (AvgIpc) is 2.15. The molecule has 0 fully saturated rings. The Hall–Kier alpha value is -1.65. The molecule has 1 aromatic carbocycles. The molecule has 0 aromatic heterocycles. The molecule has 2 N–H and O–H groups in total. The lowest BCUT2D eigenvalue weighted by Gasteiger charge is -2.03. The van der Waals surface area contributed by atoms with Gasteiger partial charge in [-0.1, -0.05) is 12.1 Å². The monoisotopic (exact) mass is 326 g/mol. The van der Waals surface area contributed by atoms with Crippen molar-refractivity contribution in [2.75, 3.05) is 12.5 Å². The summed E-state index contributed by atoms with van der Waals surface area (Å²) in [7, 11) is -7.20. The maximum atomic E-state index is 10.7. The standard InChI is InChI=1S/C9H10O5S.CH4O3S/c1-15(12,13)14-8-4-2-7(3-5-8)6-9(10)11;1-5(2,3)4/h2-5H,6H2,1H3,(H,10,11);1H3,(H,2,3,4). The number of rotatable bonds is 4. The van der Waals surface area contributed by atoms with Crippen LogP contribution in [0.4, 0.5) is 0 Å². The Kier molecular flexibility index (Phi) is 6.62. The van der Waals surface area contributed by atoms with Crippen molar-refractivity contribution in [3.63, 3.8) is 0 Å². The topological polar surface area (TPSA) is 135 Å². The first kappa shape index (κ1) is 18.4. The van der Waals surface area contributed by atoms with Gasteiger partial charge >= 0.3 is 16.1 Å². The summed E-state index contributed by atoms with van der Waals surface area (Å²) in [5, 5.41) is 8.50. The smallest absolute Gasteiger partial charge is 0.307 e. The molecule has 0 saturated carbocycles. The second-order valence-electron chi connectivity index (χ2n) is 3.73. The van der Waals surface area contributed by atoms with Crippen LogP contribution in [0.2, 0.25) is 0 Å². The molecule has 10 heteroatoms. The van der Waals surface area contributed by atoms with Crippen molar-refractivity contribution in [3.05, 3.63) is 29.8 Å². The van der Waals surface area contributed by atoms with E-state index in [4.69, 9.17) is 9.66 Å². The highest BCUT2D eigenvalue weighted by molar-refractivity contribution is 7.86. The molecule has 0 heterocycles. The van der Waals surface area contributed by atoms with Crippen molar-refractivity contribution < 1.29 is 35.5 Å². The third-order valence-corrected chi connectivity index (χ3v) is 2.02. The molecular weight excluding hydrogens is 312 g/mol. The molecule has 1 aromatic rings. The van der Waals surface area contributed by atoms with Crippen molar-refractivity contribution in [1.29, 1.82) is 0 Å². The van der Waals surface area contributed by atoms with E-state index < -0.39 is 26.2 Å². The van der Waals surface area contributed by atoms with Crippen LogP contribution in [0.15, 0.2) is 24.3 Å². The second-order valence-corrected chi connectivity index (χ2v) is 6.78. The number of carboxylic acids is 1. The average molecular weight is 326 g/mol. The predicted molar refractivity (Wildman–Crippen MR) is 70.7 cm³/mol. The summed E-state index contributed by atoms with van der Waals surface area (Å²) in [4.78, 5) is 10.4. The van der Waals surface area contributed by atoms with Crippen LogP contribution in [0.3, 0.4) is 0 Å². The van der Waals surface area contributed by atoms with Gasteiger partial charge in [0, 0.05) is 0 Å². The summed E-state index contributed by atoms with van der Waals surface area (Å²) in [6.07, 6.45) is 1.56.